The minimum Gasteiger partial charge on any atom is -0.355 e. The molecule has 0 unspecified atom stereocenters. The number of hydrogen-bond donors (Lipinski definition) is 0. The van der Waals surface area contributed by atoms with Gasteiger partial charge in [0.05, 0.1) is 18.3 Å². The van der Waals surface area contributed by atoms with Crippen LogP contribution in [0, 0.1) is 0 Å². The average molecular weight is 388 g/mol. The van der Waals surface area contributed by atoms with Crippen LogP contribution in [-0.4, -0.2) is 68.1 Å². The quantitative estimate of drug-likeness (QED) is 0.531. The summed E-state index contributed by atoms with van der Waals surface area (Å²) in [4.78, 5) is 18.4. The molecule has 8 nitrogen and oxygen atoms in total. The Morgan fingerprint density at radius 1 is 1.10 bits per heavy atom. The minimum absolute atomic E-state index is 0.583. The van der Waals surface area contributed by atoms with Crippen molar-refractivity contribution in [3.63, 3.8) is 0 Å². The number of aromatic nitrogens is 6. The molecule has 0 amide bonds. The number of fused-ring (bicyclic) bond motifs is 2. The Labute approximate surface area is 169 Å². The summed E-state index contributed by atoms with van der Waals surface area (Å²) in [5.41, 5.74) is 3.43. The Balaban J connectivity index is 1.40. The van der Waals surface area contributed by atoms with E-state index in [0.29, 0.717) is 18.2 Å². The van der Waals surface area contributed by atoms with E-state index in [1.165, 1.54) is 0 Å². The second kappa shape index (κ2) is 7.36. The van der Waals surface area contributed by atoms with E-state index in [4.69, 9.17) is 4.98 Å². The van der Waals surface area contributed by atoms with E-state index in [0.717, 1.165) is 53.9 Å². The van der Waals surface area contributed by atoms with Crippen LogP contribution in [0.3, 0.4) is 0 Å². The van der Waals surface area contributed by atoms with Gasteiger partial charge < -0.3 is 9.80 Å². The Morgan fingerprint density at radius 3 is 2.79 bits per heavy atom. The van der Waals surface area contributed by atoms with Gasteiger partial charge in [-0.15, -0.1) is 5.10 Å². The first-order valence-corrected chi connectivity index (χ1v) is 9.99. The summed E-state index contributed by atoms with van der Waals surface area (Å²) in [6, 6.07) is 10.9. The molecule has 0 spiro atoms. The second-order valence-corrected chi connectivity index (χ2v) is 7.83. The zero-order valence-electron chi connectivity index (χ0n) is 16.7. The number of benzene rings is 1. The largest absolute Gasteiger partial charge is 0.355 e. The molecular formula is C21H24N8. The predicted octanol–water partition coefficient (Wildman–Crippen LogP) is 2.35. The third-order valence-electron chi connectivity index (χ3n) is 5.73. The fourth-order valence-electron chi connectivity index (χ4n) is 4.01. The molecule has 3 aromatic heterocycles. The molecule has 0 aliphatic carbocycles. The highest BCUT2D eigenvalue weighted by Gasteiger charge is 2.22. The maximum atomic E-state index is 4.86. The second-order valence-electron chi connectivity index (χ2n) is 7.83. The summed E-state index contributed by atoms with van der Waals surface area (Å²) in [6.45, 7) is 2.58. The summed E-state index contributed by atoms with van der Waals surface area (Å²) in [5, 5.41) is 9.61. The lowest BCUT2D eigenvalue weighted by atomic mass is 10.0. The zero-order chi connectivity index (χ0) is 19.8. The van der Waals surface area contributed by atoms with Gasteiger partial charge in [0.15, 0.2) is 5.65 Å². The lowest BCUT2D eigenvalue weighted by molar-refractivity contribution is 0.249. The van der Waals surface area contributed by atoms with Crippen molar-refractivity contribution in [2.24, 2.45) is 0 Å². The van der Waals surface area contributed by atoms with E-state index in [-0.39, 0.29) is 0 Å². The van der Waals surface area contributed by atoms with Crippen LogP contribution in [0.5, 0.6) is 0 Å². The van der Waals surface area contributed by atoms with Crippen LogP contribution in [0.4, 0.5) is 5.82 Å². The smallest absolute Gasteiger partial charge is 0.221 e. The monoisotopic (exact) mass is 388 g/mol. The number of pyridine rings is 1. The van der Waals surface area contributed by atoms with Gasteiger partial charge in [-0.3, -0.25) is 4.98 Å². The van der Waals surface area contributed by atoms with Gasteiger partial charge in [0.2, 0.25) is 5.65 Å². The Kier molecular flexibility index (Phi) is 4.55. The van der Waals surface area contributed by atoms with Crippen molar-refractivity contribution < 1.29 is 0 Å². The van der Waals surface area contributed by atoms with Crippen molar-refractivity contribution in [1.82, 2.24) is 34.8 Å². The number of rotatable bonds is 4. The summed E-state index contributed by atoms with van der Waals surface area (Å²) in [5.74, 6) is 0.904. The van der Waals surface area contributed by atoms with Gasteiger partial charge in [-0.2, -0.15) is 0 Å². The third kappa shape index (κ3) is 3.51. The average Bonchev–Trinajstić information content (AvgIpc) is 3.15. The van der Waals surface area contributed by atoms with Crippen LogP contribution in [0.15, 0.2) is 42.7 Å². The van der Waals surface area contributed by atoms with E-state index >= 15 is 0 Å². The van der Waals surface area contributed by atoms with Crippen LogP contribution >= 0.6 is 0 Å². The van der Waals surface area contributed by atoms with E-state index in [1.807, 2.05) is 29.2 Å². The topological polar surface area (TPSA) is 75.9 Å². The summed E-state index contributed by atoms with van der Waals surface area (Å²) >= 11 is 0. The molecule has 4 aromatic rings. The van der Waals surface area contributed by atoms with E-state index in [1.54, 1.807) is 0 Å². The fraction of sp³-hybridized carbons (Fsp3) is 0.381. The fourth-order valence-corrected chi connectivity index (χ4v) is 4.01. The maximum absolute atomic E-state index is 4.86. The molecule has 8 heteroatoms. The van der Waals surface area contributed by atoms with Gasteiger partial charge >= 0.3 is 0 Å². The Bertz CT molecular complexity index is 1140. The molecule has 29 heavy (non-hydrogen) atoms. The molecule has 0 radical (unpaired) electrons. The summed E-state index contributed by atoms with van der Waals surface area (Å²) in [7, 11) is 4.30. The van der Waals surface area contributed by atoms with Crippen molar-refractivity contribution in [3.8, 4) is 0 Å². The summed E-state index contributed by atoms with van der Waals surface area (Å²) < 4.78 is 1.83. The van der Waals surface area contributed by atoms with Crippen LogP contribution in [0.25, 0.3) is 22.2 Å². The van der Waals surface area contributed by atoms with E-state index in [9.17, 15) is 0 Å². The molecule has 1 fully saturated rings. The molecule has 1 saturated heterocycles. The predicted molar refractivity (Wildman–Crippen MR) is 113 cm³/mol. The molecule has 1 aliphatic heterocycles. The molecule has 4 heterocycles. The molecule has 0 bridgehead atoms. The standard InChI is InChI=1S/C21H24N8/c1-27(2)17-7-10-28(11-8-17)19-13-23-20-21(24-19)29(26-25-20)14-15-5-6-18-16(12-15)4-3-9-22-18/h3-6,9,12-13,17H,7-8,10-11,14H2,1-2H3. The van der Waals surface area contributed by atoms with E-state index in [2.05, 4.69) is 62.4 Å². The first-order chi connectivity index (χ1) is 14.2. The van der Waals surface area contributed by atoms with Gasteiger partial charge in [0, 0.05) is 30.7 Å². The van der Waals surface area contributed by atoms with Gasteiger partial charge in [0.25, 0.3) is 0 Å². The van der Waals surface area contributed by atoms with Crippen molar-refractivity contribution >= 4 is 28.0 Å². The maximum Gasteiger partial charge on any atom is 0.221 e. The molecule has 1 aromatic carbocycles. The van der Waals surface area contributed by atoms with E-state index < -0.39 is 0 Å². The molecular weight excluding hydrogens is 364 g/mol. The van der Waals surface area contributed by atoms with Gasteiger partial charge in [-0.1, -0.05) is 17.3 Å². The molecule has 0 saturated carbocycles. The number of piperidine rings is 1. The van der Waals surface area contributed by atoms with Crippen molar-refractivity contribution in [2.45, 2.75) is 25.4 Å². The number of anilines is 1. The van der Waals surface area contributed by atoms with Crippen molar-refractivity contribution in [3.05, 3.63) is 48.3 Å². The van der Waals surface area contributed by atoms with Crippen molar-refractivity contribution in [1.29, 1.82) is 0 Å². The minimum atomic E-state index is 0.583. The SMILES string of the molecule is CN(C)C1CCN(c2cnc3nnn(Cc4ccc5ncccc5c4)c3n2)CC1. The Morgan fingerprint density at radius 2 is 1.97 bits per heavy atom. The van der Waals surface area contributed by atoms with Gasteiger partial charge in [-0.25, -0.2) is 14.6 Å². The normalized spacial score (nSPS) is 15.6. The van der Waals surface area contributed by atoms with Crippen molar-refractivity contribution in [2.75, 3.05) is 32.1 Å². The van der Waals surface area contributed by atoms with Crippen LogP contribution < -0.4 is 4.90 Å². The lowest BCUT2D eigenvalue weighted by Gasteiger charge is -2.35. The van der Waals surface area contributed by atoms with Crippen LogP contribution in [0.1, 0.15) is 18.4 Å². The molecule has 0 atom stereocenters. The molecule has 1 aliphatic rings. The van der Waals surface area contributed by atoms with Crippen LogP contribution in [-0.2, 0) is 6.54 Å². The first-order valence-electron chi connectivity index (χ1n) is 9.99. The van der Waals surface area contributed by atoms with Gasteiger partial charge in [-0.05, 0) is 50.7 Å². The lowest BCUT2D eigenvalue weighted by Crippen LogP contribution is -2.42. The summed E-state index contributed by atoms with van der Waals surface area (Å²) in [6.07, 6.45) is 5.90. The van der Waals surface area contributed by atoms with Crippen LogP contribution in [0.2, 0.25) is 0 Å². The zero-order valence-corrected chi connectivity index (χ0v) is 16.7. The molecule has 0 N–H and O–H groups in total. The molecule has 148 valence electrons. The number of hydrogen-bond acceptors (Lipinski definition) is 7. The molecule has 5 rings (SSSR count). The Hall–Kier alpha value is -3.13. The highest BCUT2D eigenvalue weighted by molar-refractivity contribution is 5.79. The highest BCUT2D eigenvalue weighted by atomic mass is 15.5. The first kappa shape index (κ1) is 17.9. The number of nitrogens with zero attached hydrogens (tertiary/aromatic N) is 8. The highest BCUT2D eigenvalue weighted by Crippen LogP contribution is 2.21. The van der Waals surface area contributed by atoms with Gasteiger partial charge in [0.1, 0.15) is 5.82 Å². The third-order valence-corrected chi connectivity index (χ3v) is 5.73.